The molecule has 0 spiro atoms. The number of anilines is 3. The molecule has 1 fully saturated rings. The van der Waals surface area contributed by atoms with Gasteiger partial charge in [-0.25, -0.2) is 14.4 Å². The maximum Gasteiger partial charge on any atom is 0.305 e. The molecule has 0 bridgehead atoms. The van der Waals surface area contributed by atoms with Crippen molar-refractivity contribution < 1.29 is 28.0 Å². The lowest BCUT2D eigenvalue weighted by molar-refractivity contribution is -0.387. The number of aryl methyl sites for hydroxylation is 1. The molecule has 0 radical (unpaired) electrons. The molecule has 2 aromatic heterocycles. The Morgan fingerprint density at radius 1 is 1.19 bits per heavy atom. The summed E-state index contributed by atoms with van der Waals surface area (Å²) >= 11 is 1.00. The first-order chi connectivity index (χ1) is 20.7. The number of rotatable bonds is 11. The fourth-order valence-corrected chi connectivity index (χ4v) is 5.27. The summed E-state index contributed by atoms with van der Waals surface area (Å²) < 4.78 is 40.8. The number of ketones is 1. The maximum atomic E-state index is 15.3. The second kappa shape index (κ2) is 13.1. The molecule has 0 amide bonds. The fourth-order valence-electron chi connectivity index (χ4n) is 4.51. The number of carbonyl (C=O) groups is 1. The highest BCUT2D eigenvalue weighted by Crippen LogP contribution is 2.39. The molecule has 0 unspecified atom stereocenters. The van der Waals surface area contributed by atoms with E-state index in [0.29, 0.717) is 55.1 Å². The molecule has 2 N–H and O–H groups in total. The Morgan fingerprint density at radius 2 is 1.98 bits per heavy atom. The lowest BCUT2D eigenvalue weighted by Crippen LogP contribution is -2.37. The molecule has 5 rings (SSSR count). The zero-order chi connectivity index (χ0) is 30.5. The summed E-state index contributed by atoms with van der Waals surface area (Å²) in [5.41, 5.74) is 0.426. The zero-order valence-corrected chi connectivity index (χ0v) is 24.0. The van der Waals surface area contributed by atoms with Crippen molar-refractivity contribution in [1.29, 1.82) is 0 Å². The van der Waals surface area contributed by atoms with Gasteiger partial charge in [-0.1, -0.05) is 18.2 Å². The molecular formula is C28H27F2N7O5S. The number of aromatic nitrogens is 4. The molecular weight excluding hydrogens is 584 g/mol. The van der Waals surface area contributed by atoms with Crippen LogP contribution in [0.1, 0.15) is 16.8 Å². The highest BCUT2D eigenvalue weighted by Gasteiger charge is 2.24. The van der Waals surface area contributed by atoms with Gasteiger partial charge in [-0.3, -0.25) is 20.0 Å². The minimum Gasteiger partial charge on any atom is -0.490 e. The SMILES string of the molecule is COc1c(Nc2cc(C)[nH]n2)nc(Sc2ccc(CC(=O)Cc3cccc([N+](=O)[O-])c3F)cc2F)nc1N1CCOCC1. The molecule has 3 heterocycles. The summed E-state index contributed by atoms with van der Waals surface area (Å²) in [6.07, 6.45) is -0.539. The predicted octanol–water partition coefficient (Wildman–Crippen LogP) is 4.79. The minimum atomic E-state index is -1.05. The van der Waals surface area contributed by atoms with Crippen molar-refractivity contribution in [3.63, 3.8) is 0 Å². The van der Waals surface area contributed by atoms with Gasteiger partial charge in [0.2, 0.25) is 11.6 Å². The maximum absolute atomic E-state index is 15.3. The van der Waals surface area contributed by atoms with Crippen LogP contribution in [0, 0.1) is 28.7 Å². The first-order valence-electron chi connectivity index (χ1n) is 13.2. The summed E-state index contributed by atoms with van der Waals surface area (Å²) in [6.45, 7) is 4.05. The molecule has 12 nitrogen and oxygen atoms in total. The number of nitrogens with zero attached hydrogens (tertiary/aromatic N) is 5. The Morgan fingerprint density at radius 3 is 2.65 bits per heavy atom. The standard InChI is InChI=1S/C28H27F2N7O5S/c1-16-12-23(35-34-16)31-26-25(41-2)27(36-8-10-42-11-9-36)33-28(32-26)43-22-7-6-17(14-20(22)29)13-19(38)15-18-4-3-5-21(24(18)30)37(39)40/h3-7,12,14H,8-11,13,15H2,1-2H3,(H2,31,32,33,34,35). The van der Waals surface area contributed by atoms with Crippen LogP contribution < -0.4 is 15.0 Å². The van der Waals surface area contributed by atoms with Crippen molar-refractivity contribution in [3.8, 4) is 5.75 Å². The molecule has 0 atom stereocenters. The van der Waals surface area contributed by atoms with Crippen molar-refractivity contribution in [2.24, 2.45) is 0 Å². The van der Waals surface area contributed by atoms with Gasteiger partial charge in [-0.2, -0.15) is 9.49 Å². The second-order valence-electron chi connectivity index (χ2n) is 9.64. The lowest BCUT2D eigenvalue weighted by Gasteiger charge is -2.29. The molecule has 2 aromatic carbocycles. The third kappa shape index (κ3) is 7.06. The number of morpholine rings is 1. The number of carbonyl (C=O) groups excluding carboxylic acids is 1. The van der Waals surface area contributed by atoms with E-state index in [1.165, 1.54) is 31.4 Å². The first kappa shape index (κ1) is 29.8. The molecule has 224 valence electrons. The predicted molar refractivity (Wildman–Crippen MR) is 154 cm³/mol. The van der Waals surface area contributed by atoms with Gasteiger partial charge in [0.05, 0.1) is 30.1 Å². The summed E-state index contributed by atoms with van der Waals surface area (Å²) in [5, 5.41) is 21.4. The minimum absolute atomic E-state index is 0.0889. The third-order valence-electron chi connectivity index (χ3n) is 6.54. The molecule has 4 aromatic rings. The van der Waals surface area contributed by atoms with Crippen LogP contribution in [0.5, 0.6) is 5.75 Å². The van der Waals surface area contributed by atoms with Crippen LogP contribution >= 0.6 is 11.8 Å². The van der Waals surface area contributed by atoms with Crippen molar-refractivity contribution in [2.45, 2.75) is 29.8 Å². The number of nitro benzene ring substituents is 1. The number of benzene rings is 2. The number of Topliss-reactive ketones (excluding diaryl/α,β-unsaturated/α-hetero) is 1. The first-order valence-corrected chi connectivity index (χ1v) is 14.0. The number of hydrogen-bond acceptors (Lipinski definition) is 11. The Kier molecular flexibility index (Phi) is 9.11. The van der Waals surface area contributed by atoms with Crippen LogP contribution in [0.4, 0.5) is 31.9 Å². The number of methoxy groups -OCH3 is 1. The van der Waals surface area contributed by atoms with E-state index in [9.17, 15) is 19.3 Å². The van der Waals surface area contributed by atoms with Crippen LogP contribution in [-0.4, -0.2) is 64.3 Å². The topological polar surface area (TPSA) is 148 Å². The third-order valence-corrected chi connectivity index (χ3v) is 7.45. The second-order valence-corrected chi connectivity index (χ2v) is 10.6. The van der Waals surface area contributed by atoms with Crippen molar-refractivity contribution >= 4 is 40.7 Å². The van der Waals surface area contributed by atoms with Gasteiger partial charge in [-0.15, -0.1) is 0 Å². The van der Waals surface area contributed by atoms with Crippen molar-refractivity contribution in [3.05, 3.63) is 81.0 Å². The number of ether oxygens (including phenoxy) is 2. The van der Waals surface area contributed by atoms with E-state index in [4.69, 9.17) is 9.47 Å². The highest BCUT2D eigenvalue weighted by atomic mass is 32.2. The van der Waals surface area contributed by atoms with Gasteiger partial charge in [0.25, 0.3) is 0 Å². The Hall–Kier alpha value is -4.63. The molecule has 15 heteroatoms. The van der Waals surface area contributed by atoms with Gasteiger partial charge in [0, 0.05) is 49.3 Å². The Balaban J connectivity index is 1.36. The largest absolute Gasteiger partial charge is 0.490 e. The van der Waals surface area contributed by atoms with Gasteiger partial charge in [0.15, 0.2) is 22.6 Å². The fraction of sp³-hybridized carbons (Fsp3) is 0.286. The normalized spacial score (nSPS) is 13.2. The number of H-pyrrole nitrogens is 1. The average molecular weight is 612 g/mol. The van der Waals surface area contributed by atoms with Crippen LogP contribution in [0.15, 0.2) is 52.5 Å². The molecule has 43 heavy (non-hydrogen) atoms. The van der Waals surface area contributed by atoms with Crippen molar-refractivity contribution in [2.75, 3.05) is 43.6 Å². The van der Waals surface area contributed by atoms with Gasteiger partial charge in [-0.05, 0) is 36.4 Å². The number of hydrogen-bond donors (Lipinski definition) is 2. The zero-order valence-electron chi connectivity index (χ0n) is 23.2. The number of halogens is 2. The highest BCUT2D eigenvalue weighted by molar-refractivity contribution is 7.99. The van der Waals surface area contributed by atoms with E-state index in [-0.39, 0.29) is 28.5 Å². The lowest BCUT2D eigenvalue weighted by atomic mass is 10.0. The number of nitro groups is 1. The van der Waals surface area contributed by atoms with Crippen LogP contribution in [0.2, 0.25) is 0 Å². The van der Waals surface area contributed by atoms with Gasteiger partial charge < -0.3 is 19.7 Å². The Bertz CT molecular complexity index is 1660. The van der Waals surface area contributed by atoms with E-state index < -0.39 is 28.0 Å². The van der Waals surface area contributed by atoms with E-state index >= 15 is 4.39 Å². The van der Waals surface area contributed by atoms with Crippen molar-refractivity contribution in [1.82, 2.24) is 20.2 Å². The number of aromatic amines is 1. The smallest absolute Gasteiger partial charge is 0.305 e. The Labute approximate surface area is 249 Å². The molecule has 0 saturated carbocycles. The van der Waals surface area contributed by atoms with E-state index in [1.807, 2.05) is 11.8 Å². The monoisotopic (exact) mass is 611 g/mol. The molecule has 1 aliphatic rings. The van der Waals surface area contributed by atoms with Crippen LogP contribution in [0.3, 0.4) is 0 Å². The van der Waals surface area contributed by atoms with E-state index in [1.54, 1.807) is 12.1 Å². The summed E-state index contributed by atoms with van der Waals surface area (Å²) in [7, 11) is 1.52. The summed E-state index contributed by atoms with van der Waals surface area (Å²) in [4.78, 5) is 34.3. The molecule has 0 aliphatic carbocycles. The van der Waals surface area contributed by atoms with Gasteiger partial charge in [0.1, 0.15) is 11.6 Å². The quantitative estimate of drug-likeness (QED) is 0.137. The summed E-state index contributed by atoms with van der Waals surface area (Å²) in [5.74, 6) is -0.271. The number of nitrogens with one attached hydrogen (secondary N) is 2. The van der Waals surface area contributed by atoms with Crippen LogP contribution in [-0.2, 0) is 22.4 Å². The average Bonchev–Trinajstić information content (AvgIpc) is 3.39. The van der Waals surface area contributed by atoms with E-state index in [0.717, 1.165) is 23.5 Å². The van der Waals surface area contributed by atoms with Gasteiger partial charge >= 0.3 is 5.69 Å². The summed E-state index contributed by atoms with van der Waals surface area (Å²) in [6, 6.07) is 9.80. The van der Waals surface area contributed by atoms with Crippen LogP contribution in [0.25, 0.3) is 0 Å². The molecule has 1 aliphatic heterocycles. The molecule has 1 saturated heterocycles. The van der Waals surface area contributed by atoms with E-state index in [2.05, 4.69) is 25.5 Å².